The zero-order chi connectivity index (χ0) is 44.3. The first kappa shape index (κ1) is 54.4. The first-order valence-corrected chi connectivity index (χ1v) is 21.1. The third-order valence-corrected chi connectivity index (χ3v) is 7.36. The SMILES string of the molecule is F[P-](F)(F)(F)(F)F.F[P-](F)(F)(F)(F)F.O=C1OC(c2ccc(Oc3ccccc3)cc2)(c2ccc(Oc3ccccc3)cc2)c2ccccc21.[CH]1[CH][CH][CH][CH]1.[CH]1[CH][CH][CH][CH]1.[Fe+2].[Fe+2]. The number of carbonyl (C=O) groups is 1. The Labute approximate surface area is 372 Å². The minimum Gasteiger partial charge on any atom is -0.457 e. The van der Waals surface area contributed by atoms with E-state index in [0.29, 0.717) is 17.1 Å². The van der Waals surface area contributed by atoms with E-state index in [4.69, 9.17) is 14.2 Å². The maximum Gasteiger partial charge on any atom is 2.00 e. The van der Waals surface area contributed by atoms with Gasteiger partial charge in [-0.1, -0.05) is 78.9 Å². The molecule has 4 nitrogen and oxygen atoms in total. The molecule has 0 unspecified atom stereocenters. The largest absolute Gasteiger partial charge is 2.00 e. The van der Waals surface area contributed by atoms with Gasteiger partial charge in [-0.3, -0.25) is 0 Å². The second kappa shape index (κ2) is 20.4. The van der Waals surface area contributed by atoms with Crippen LogP contribution in [0, 0.1) is 64.2 Å². The molecule has 3 aliphatic rings. The van der Waals surface area contributed by atoms with Crippen molar-refractivity contribution >= 4 is 21.6 Å². The van der Waals surface area contributed by atoms with E-state index in [0.717, 1.165) is 28.2 Å². The first-order chi connectivity index (χ1) is 27.6. The Bertz CT molecular complexity index is 1980. The molecule has 5 aromatic rings. The molecule has 0 saturated heterocycles. The van der Waals surface area contributed by atoms with Gasteiger partial charge < -0.3 is 14.2 Å². The molecule has 0 amide bonds. The van der Waals surface area contributed by atoms with Crippen LogP contribution in [0.15, 0.2) is 133 Å². The summed E-state index contributed by atoms with van der Waals surface area (Å²) in [5.41, 5.74) is 1.95. The molecule has 0 N–H and O–H groups in total. The van der Waals surface area contributed by atoms with Crippen molar-refractivity contribution in [1.29, 1.82) is 0 Å². The van der Waals surface area contributed by atoms with Crippen molar-refractivity contribution in [2.24, 2.45) is 0 Å². The van der Waals surface area contributed by atoms with Gasteiger partial charge in [0.25, 0.3) is 0 Å². The number of hydrogen-bond donors (Lipinski definition) is 0. The van der Waals surface area contributed by atoms with Crippen LogP contribution < -0.4 is 9.47 Å². The van der Waals surface area contributed by atoms with Crippen LogP contribution in [0.4, 0.5) is 50.4 Å². The smallest absolute Gasteiger partial charge is 0.457 e. The van der Waals surface area contributed by atoms with Crippen LogP contribution in [-0.2, 0) is 44.5 Å². The van der Waals surface area contributed by atoms with Gasteiger partial charge in [0.2, 0.25) is 0 Å². The van der Waals surface area contributed by atoms with Crippen LogP contribution in [0.1, 0.15) is 27.0 Å². The number of benzene rings is 5. The van der Waals surface area contributed by atoms with E-state index < -0.39 is 21.2 Å². The summed E-state index contributed by atoms with van der Waals surface area (Å²) in [6.45, 7) is 0. The van der Waals surface area contributed by atoms with E-state index in [1.807, 2.05) is 192 Å². The van der Waals surface area contributed by atoms with Gasteiger partial charge in [0.15, 0.2) is 5.60 Å². The van der Waals surface area contributed by atoms with Gasteiger partial charge in [-0.05, 0) is 119 Å². The number of cyclic esters (lactones) is 1. The Morgan fingerprint density at radius 3 is 0.935 bits per heavy atom. The fraction of sp³-hybridized carbons (Fsp3) is 0.0238. The third kappa shape index (κ3) is 22.0. The molecule has 62 heavy (non-hydrogen) atoms. The van der Waals surface area contributed by atoms with Gasteiger partial charge in [0, 0.05) is 16.7 Å². The van der Waals surface area contributed by atoms with Crippen LogP contribution in [0.25, 0.3) is 0 Å². The van der Waals surface area contributed by atoms with E-state index in [1.165, 1.54) is 0 Å². The molecule has 2 saturated carbocycles. The second-order valence-corrected chi connectivity index (χ2v) is 16.2. The molecule has 20 heteroatoms. The van der Waals surface area contributed by atoms with Gasteiger partial charge in [0.1, 0.15) is 23.0 Å². The van der Waals surface area contributed by atoms with Gasteiger partial charge in [0.05, 0.1) is 5.56 Å². The molecule has 1 heterocycles. The zero-order valence-electron chi connectivity index (χ0n) is 31.2. The van der Waals surface area contributed by atoms with E-state index in [2.05, 4.69) is 0 Å². The number of hydrogen-bond acceptors (Lipinski definition) is 4. The Hall–Kier alpha value is -3.77. The summed E-state index contributed by atoms with van der Waals surface area (Å²) in [4.78, 5) is 13.0. The normalized spacial score (nSPS) is 16.9. The summed E-state index contributed by atoms with van der Waals surface area (Å²) >= 11 is 0. The topological polar surface area (TPSA) is 44.8 Å². The monoisotopic (exact) mass is 1000 g/mol. The van der Waals surface area contributed by atoms with Crippen molar-refractivity contribution in [1.82, 2.24) is 0 Å². The molecule has 10 radical (unpaired) electrons. The Morgan fingerprint density at radius 1 is 0.371 bits per heavy atom. The van der Waals surface area contributed by atoms with E-state index >= 15 is 0 Å². The fourth-order valence-electron chi connectivity index (χ4n) is 5.22. The van der Waals surface area contributed by atoms with Gasteiger partial charge in [-0.2, -0.15) is 0 Å². The van der Waals surface area contributed by atoms with Crippen molar-refractivity contribution in [3.63, 3.8) is 0 Å². The Kier molecular flexibility index (Phi) is 17.9. The summed E-state index contributed by atoms with van der Waals surface area (Å²) in [5, 5.41) is 0. The summed E-state index contributed by atoms with van der Waals surface area (Å²) in [6.07, 6.45) is 20.0. The minimum atomic E-state index is -10.7. The fourth-order valence-corrected chi connectivity index (χ4v) is 5.22. The minimum absolute atomic E-state index is 0. The average molecular weight is 1000 g/mol. The molecule has 332 valence electrons. The number of halogens is 12. The van der Waals surface area contributed by atoms with Crippen LogP contribution >= 0.6 is 15.6 Å². The first-order valence-electron chi connectivity index (χ1n) is 17.1. The summed E-state index contributed by atoms with van der Waals surface area (Å²) in [6, 6.07) is 42.1. The van der Waals surface area contributed by atoms with Crippen molar-refractivity contribution in [3.8, 4) is 23.0 Å². The average Bonchev–Trinajstić information content (AvgIpc) is 3.97. The van der Waals surface area contributed by atoms with Crippen LogP contribution in [-0.4, -0.2) is 5.97 Å². The number of ether oxygens (including phenoxy) is 3. The molecule has 0 bridgehead atoms. The van der Waals surface area contributed by atoms with Gasteiger partial charge in [-0.15, -0.1) is 0 Å². The van der Waals surface area contributed by atoms with Crippen molar-refractivity contribution in [2.75, 3.05) is 0 Å². The summed E-state index contributed by atoms with van der Waals surface area (Å²) in [5.74, 6) is 2.56. The second-order valence-electron chi connectivity index (χ2n) is 12.3. The Balaban J connectivity index is 0.000000414. The standard InChI is InChI=1S/C32H22O4.2C5H5.2F6P.2Fe/c33-31-29-13-7-8-14-30(29)32(36-31,23-15-19-27(20-16-23)34-25-9-3-1-4-10-25)24-17-21-28(22-18-24)35-26-11-5-2-6-12-26;2*1-2-4-5-3-1;2*1-7(2,3,4,5)6;;/h1-22H;2*1-5H;;;;/q;;;2*-1;2*+2. The predicted octanol–water partition coefficient (Wildman–Crippen LogP) is 16.5. The van der Waals surface area contributed by atoms with Crippen molar-refractivity contribution < 1.29 is 104 Å². The van der Waals surface area contributed by atoms with E-state index in [1.54, 1.807) is 6.07 Å². The molecule has 2 aliphatic carbocycles. The number of rotatable bonds is 6. The molecule has 0 atom stereocenters. The summed E-state index contributed by atoms with van der Waals surface area (Å²) < 4.78 is 137. The molecule has 0 spiro atoms. The molecule has 0 aromatic heterocycles. The molecule has 2 fully saturated rings. The predicted molar refractivity (Wildman–Crippen MR) is 208 cm³/mol. The maximum absolute atomic E-state index is 13.0. The van der Waals surface area contributed by atoms with Crippen LogP contribution in [0.3, 0.4) is 0 Å². The molecular weight excluding hydrogens is 970 g/mol. The Morgan fingerprint density at radius 2 is 0.629 bits per heavy atom. The van der Waals surface area contributed by atoms with E-state index in [-0.39, 0.29) is 40.1 Å². The number of para-hydroxylation sites is 2. The third-order valence-electron chi connectivity index (χ3n) is 7.36. The molecular formula is C42H32F12Fe2O4P2+2. The number of carbonyl (C=O) groups excluding carboxylic acids is 1. The van der Waals surface area contributed by atoms with Gasteiger partial charge >= 0.3 is 106 Å². The molecule has 8 rings (SSSR count). The van der Waals surface area contributed by atoms with Crippen LogP contribution in [0.2, 0.25) is 0 Å². The van der Waals surface area contributed by atoms with Crippen LogP contribution in [0.5, 0.6) is 23.0 Å². The van der Waals surface area contributed by atoms with Crippen molar-refractivity contribution in [3.05, 3.63) is 220 Å². The number of esters is 1. The molecule has 1 aliphatic heterocycles. The summed E-state index contributed by atoms with van der Waals surface area (Å²) in [7, 11) is -21.3. The quantitative estimate of drug-likeness (QED) is 0.0736. The van der Waals surface area contributed by atoms with Gasteiger partial charge in [-0.25, -0.2) is 4.79 Å². The zero-order valence-corrected chi connectivity index (χ0v) is 35.2. The molecule has 5 aromatic carbocycles. The maximum atomic E-state index is 13.0. The van der Waals surface area contributed by atoms with E-state index in [9.17, 15) is 55.2 Å². The number of fused-ring (bicyclic) bond motifs is 1. The van der Waals surface area contributed by atoms with Crippen molar-refractivity contribution in [2.45, 2.75) is 5.60 Å².